The molecule has 10 heteroatoms. The van der Waals surface area contributed by atoms with Crippen molar-refractivity contribution in [3.8, 4) is 11.1 Å². The van der Waals surface area contributed by atoms with Gasteiger partial charge in [0.25, 0.3) is 5.91 Å². The molecule has 1 N–H and O–H groups in total. The van der Waals surface area contributed by atoms with Crippen LogP contribution in [0.1, 0.15) is 10.5 Å². The zero-order valence-corrected chi connectivity index (χ0v) is 16.7. The summed E-state index contributed by atoms with van der Waals surface area (Å²) < 4.78 is 21.3. The van der Waals surface area contributed by atoms with Crippen LogP contribution in [0.15, 0.2) is 36.8 Å². The van der Waals surface area contributed by atoms with E-state index in [9.17, 15) is 9.00 Å². The first-order valence-electron chi connectivity index (χ1n) is 8.63. The van der Waals surface area contributed by atoms with Crippen LogP contribution >= 0.6 is 11.6 Å². The Balaban J connectivity index is 1.71. The summed E-state index contributed by atoms with van der Waals surface area (Å²) in [7, 11) is -1.27. The lowest BCUT2D eigenvalue weighted by Crippen LogP contribution is -2.41. The predicted octanol–water partition coefficient (Wildman–Crippen LogP) is 2.23. The van der Waals surface area contributed by atoms with Crippen LogP contribution in [0, 0.1) is 0 Å². The number of hydrogen-bond acceptors (Lipinski definition) is 5. The third kappa shape index (κ3) is 3.73. The zero-order chi connectivity index (χ0) is 19.7. The van der Waals surface area contributed by atoms with E-state index in [1.807, 2.05) is 18.3 Å². The van der Waals surface area contributed by atoms with E-state index >= 15 is 0 Å². The van der Waals surface area contributed by atoms with Gasteiger partial charge in [-0.05, 0) is 18.2 Å². The van der Waals surface area contributed by atoms with Gasteiger partial charge in [0, 0.05) is 42.9 Å². The van der Waals surface area contributed by atoms with Gasteiger partial charge in [-0.1, -0.05) is 11.6 Å². The lowest BCUT2D eigenvalue weighted by molar-refractivity contribution is 0.0298. The van der Waals surface area contributed by atoms with Crippen molar-refractivity contribution in [3.63, 3.8) is 0 Å². The molecular formula is C18H18ClN5O3S. The maximum absolute atomic E-state index is 12.9. The van der Waals surface area contributed by atoms with Gasteiger partial charge in [0.2, 0.25) is 0 Å². The fraction of sp³-hybridized carbons (Fsp3) is 0.278. The highest BCUT2D eigenvalue weighted by molar-refractivity contribution is 7.85. The number of hydrogen-bond donors (Lipinski definition) is 1. The molecule has 28 heavy (non-hydrogen) atoms. The van der Waals surface area contributed by atoms with Gasteiger partial charge in [-0.2, -0.15) is 0 Å². The number of aromatic nitrogens is 3. The lowest BCUT2D eigenvalue weighted by atomic mass is 10.1. The van der Waals surface area contributed by atoms with Crippen LogP contribution in [0.4, 0.5) is 5.69 Å². The quantitative estimate of drug-likeness (QED) is 0.655. The normalized spacial score (nSPS) is 15.6. The van der Waals surface area contributed by atoms with Crippen molar-refractivity contribution in [1.82, 2.24) is 19.3 Å². The number of ether oxygens (including phenoxy) is 1. The van der Waals surface area contributed by atoms with Gasteiger partial charge in [0.15, 0.2) is 5.15 Å². The lowest BCUT2D eigenvalue weighted by Gasteiger charge is -2.26. The Hall–Kier alpha value is -2.49. The van der Waals surface area contributed by atoms with Crippen molar-refractivity contribution in [1.29, 1.82) is 0 Å². The Kier molecular flexibility index (Phi) is 5.29. The van der Waals surface area contributed by atoms with Crippen LogP contribution in [0.3, 0.4) is 0 Å². The second-order valence-electron chi connectivity index (χ2n) is 6.31. The molecule has 0 spiro atoms. The van der Waals surface area contributed by atoms with Crippen molar-refractivity contribution in [2.75, 3.05) is 37.3 Å². The summed E-state index contributed by atoms with van der Waals surface area (Å²) >= 11 is 6.07. The number of nitrogens with zero attached hydrogens (tertiary/aromatic N) is 4. The number of pyridine rings is 2. The second-order valence-corrected chi connectivity index (χ2v) is 7.78. The van der Waals surface area contributed by atoms with Crippen LogP contribution < -0.4 is 4.72 Å². The highest BCUT2D eigenvalue weighted by atomic mass is 35.5. The molecule has 1 amide bonds. The van der Waals surface area contributed by atoms with Crippen molar-refractivity contribution in [2.45, 2.75) is 0 Å². The molecule has 0 aromatic carbocycles. The summed E-state index contributed by atoms with van der Waals surface area (Å²) in [5.41, 5.74) is 3.26. The third-order valence-electron chi connectivity index (χ3n) is 4.45. The molecule has 0 aliphatic carbocycles. The number of fused-ring (bicyclic) bond motifs is 1. The molecule has 3 aromatic rings. The van der Waals surface area contributed by atoms with E-state index < -0.39 is 11.0 Å². The predicted molar refractivity (Wildman–Crippen MR) is 108 cm³/mol. The molecule has 0 radical (unpaired) electrons. The van der Waals surface area contributed by atoms with Gasteiger partial charge >= 0.3 is 0 Å². The standard InChI is InChI=1S/C18H18ClN5O3S/c1-28(26)22-14-8-13(9-21-17(14)19)12-2-3-16-20-10-15(24(16)11-12)18(25)23-4-6-27-7-5-23/h2-3,8-11,22H,4-7H2,1H3. The van der Waals surface area contributed by atoms with Crippen LogP contribution in [0.25, 0.3) is 16.8 Å². The molecular weight excluding hydrogens is 402 g/mol. The van der Waals surface area contributed by atoms with Gasteiger partial charge in [-0.25, -0.2) is 14.2 Å². The maximum Gasteiger partial charge on any atom is 0.272 e. The molecule has 0 bridgehead atoms. The Labute approximate surface area is 169 Å². The number of halogens is 1. The van der Waals surface area contributed by atoms with Crippen LogP contribution in [0.5, 0.6) is 0 Å². The third-order valence-corrected chi connectivity index (χ3v) is 5.26. The van der Waals surface area contributed by atoms with E-state index in [2.05, 4.69) is 14.7 Å². The fourth-order valence-corrected chi connectivity index (χ4v) is 3.74. The second kappa shape index (κ2) is 7.86. The number of imidazole rings is 1. The number of amides is 1. The van der Waals surface area contributed by atoms with Gasteiger partial charge < -0.3 is 14.4 Å². The summed E-state index contributed by atoms with van der Waals surface area (Å²) in [6.07, 6.45) is 6.58. The monoisotopic (exact) mass is 419 g/mol. The number of nitrogens with one attached hydrogen (secondary N) is 1. The Morgan fingerprint density at radius 2 is 2.00 bits per heavy atom. The van der Waals surface area contributed by atoms with Crippen LogP contribution in [-0.4, -0.2) is 61.9 Å². The SMILES string of the molecule is CS(=O)Nc1cc(-c2ccc3ncc(C(=O)N4CCOCC4)n3c2)cnc1Cl. The molecule has 1 unspecified atom stereocenters. The molecule has 4 rings (SSSR count). The number of carbonyl (C=O) groups is 1. The molecule has 1 atom stereocenters. The first kappa shape index (κ1) is 18.9. The molecule has 0 saturated carbocycles. The largest absolute Gasteiger partial charge is 0.378 e. The van der Waals surface area contributed by atoms with Crippen molar-refractivity contribution in [2.24, 2.45) is 0 Å². The van der Waals surface area contributed by atoms with Crippen molar-refractivity contribution in [3.05, 3.63) is 47.6 Å². The van der Waals surface area contributed by atoms with Crippen LogP contribution in [-0.2, 0) is 15.7 Å². The molecule has 146 valence electrons. The Morgan fingerprint density at radius 1 is 1.21 bits per heavy atom. The molecule has 1 fully saturated rings. The highest BCUT2D eigenvalue weighted by Gasteiger charge is 2.22. The fourth-order valence-electron chi connectivity index (χ4n) is 3.07. The topological polar surface area (TPSA) is 88.8 Å². The van der Waals surface area contributed by atoms with E-state index in [-0.39, 0.29) is 11.1 Å². The summed E-state index contributed by atoms with van der Waals surface area (Å²) in [5, 5.41) is 0.242. The van der Waals surface area contributed by atoms with E-state index in [0.29, 0.717) is 43.3 Å². The summed E-state index contributed by atoms with van der Waals surface area (Å²) in [5.74, 6) is -0.0779. The van der Waals surface area contributed by atoms with Crippen molar-refractivity contribution < 1.29 is 13.7 Å². The maximum atomic E-state index is 12.9. The minimum Gasteiger partial charge on any atom is -0.378 e. The zero-order valence-electron chi connectivity index (χ0n) is 15.1. The highest BCUT2D eigenvalue weighted by Crippen LogP contribution is 2.27. The van der Waals surface area contributed by atoms with Gasteiger partial charge in [-0.15, -0.1) is 0 Å². The smallest absolute Gasteiger partial charge is 0.272 e. The number of rotatable bonds is 4. The van der Waals surface area contributed by atoms with E-state index in [1.165, 1.54) is 6.26 Å². The van der Waals surface area contributed by atoms with Gasteiger partial charge in [-0.3, -0.25) is 9.20 Å². The van der Waals surface area contributed by atoms with Gasteiger partial charge in [0.1, 0.15) is 22.3 Å². The number of morpholine rings is 1. The minimum absolute atomic E-state index is 0.0779. The van der Waals surface area contributed by atoms with Crippen molar-refractivity contribution >= 4 is 39.8 Å². The van der Waals surface area contributed by atoms with E-state index in [4.69, 9.17) is 16.3 Å². The molecule has 8 nitrogen and oxygen atoms in total. The molecule has 1 aliphatic heterocycles. The molecule has 4 heterocycles. The first-order valence-corrected chi connectivity index (χ1v) is 10.6. The summed E-state index contributed by atoms with van der Waals surface area (Å²) in [4.78, 5) is 23.1. The van der Waals surface area contributed by atoms with E-state index in [0.717, 1.165) is 11.1 Å². The number of anilines is 1. The average Bonchev–Trinajstić information content (AvgIpc) is 3.12. The van der Waals surface area contributed by atoms with Crippen LogP contribution in [0.2, 0.25) is 5.15 Å². The van der Waals surface area contributed by atoms with Gasteiger partial charge in [0.05, 0.1) is 25.1 Å². The molecule has 1 aliphatic rings. The summed E-state index contributed by atoms with van der Waals surface area (Å²) in [6.45, 7) is 2.21. The molecule has 3 aromatic heterocycles. The minimum atomic E-state index is -1.27. The van der Waals surface area contributed by atoms with E-state index in [1.54, 1.807) is 27.8 Å². The Bertz CT molecular complexity index is 1060. The Morgan fingerprint density at radius 3 is 2.75 bits per heavy atom. The first-order chi connectivity index (χ1) is 13.5. The average molecular weight is 420 g/mol. The molecule has 1 saturated heterocycles. The summed E-state index contributed by atoms with van der Waals surface area (Å²) in [6, 6.07) is 5.51. The number of carbonyl (C=O) groups excluding carboxylic acids is 1.